The van der Waals surface area contributed by atoms with Crippen molar-refractivity contribution < 1.29 is 17.6 Å². The fourth-order valence-corrected chi connectivity index (χ4v) is 2.83. The van der Waals surface area contributed by atoms with Gasteiger partial charge in [0.2, 0.25) is 0 Å². The summed E-state index contributed by atoms with van der Waals surface area (Å²) in [6, 6.07) is 3.09. The van der Waals surface area contributed by atoms with Crippen LogP contribution in [0.2, 0.25) is 0 Å². The zero-order chi connectivity index (χ0) is 15.0. The van der Waals surface area contributed by atoms with E-state index >= 15 is 0 Å². The van der Waals surface area contributed by atoms with E-state index in [0.717, 1.165) is 25.3 Å². The smallest absolute Gasteiger partial charge is 0.310 e. The van der Waals surface area contributed by atoms with E-state index in [9.17, 15) is 17.6 Å². The fourth-order valence-electron chi connectivity index (χ4n) is 2.83. The molecule has 0 amide bonds. The highest BCUT2D eigenvalue weighted by Crippen LogP contribution is 2.37. The van der Waals surface area contributed by atoms with E-state index in [4.69, 9.17) is 0 Å². The van der Waals surface area contributed by atoms with Crippen LogP contribution in [0, 0.1) is 11.2 Å². The molecule has 1 unspecified atom stereocenters. The van der Waals surface area contributed by atoms with Crippen molar-refractivity contribution >= 4 is 0 Å². The van der Waals surface area contributed by atoms with Crippen LogP contribution in [0.4, 0.5) is 17.6 Å². The highest BCUT2D eigenvalue weighted by Gasteiger charge is 2.34. The van der Waals surface area contributed by atoms with Gasteiger partial charge >= 0.3 is 6.18 Å². The summed E-state index contributed by atoms with van der Waals surface area (Å²) >= 11 is 0. The van der Waals surface area contributed by atoms with Gasteiger partial charge in [-0.3, -0.25) is 0 Å². The van der Waals surface area contributed by atoms with Crippen LogP contribution in [0.15, 0.2) is 18.2 Å². The third-order valence-corrected chi connectivity index (χ3v) is 3.93. The second-order valence-corrected chi connectivity index (χ2v) is 6.28. The molecule has 1 aromatic carbocycles. The van der Waals surface area contributed by atoms with Crippen molar-refractivity contribution in [2.75, 3.05) is 0 Å². The Morgan fingerprint density at radius 1 is 1.30 bits per heavy atom. The largest absolute Gasteiger partial charge is 0.416 e. The molecule has 0 saturated heterocycles. The van der Waals surface area contributed by atoms with Crippen LogP contribution in [-0.4, -0.2) is 6.04 Å². The van der Waals surface area contributed by atoms with Gasteiger partial charge in [-0.1, -0.05) is 19.9 Å². The van der Waals surface area contributed by atoms with Crippen LogP contribution in [0.1, 0.15) is 44.2 Å². The zero-order valence-electron chi connectivity index (χ0n) is 11.6. The SMILES string of the molecule is CC1(C)CCC(NCc2ccc(F)cc2C(F)(F)F)C1. The van der Waals surface area contributed by atoms with E-state index in [-0.39, 0.29) is 23.6 Å². The zero-order valence-corrected chi connectivity index (χ0v) is 11.6. The van der Waals surface area contributed by atoms with Gasteiger partial charge in [-0.15, -0.1) is 0 Å². The quantitative estimate of drug-likeness (QED) is 0.807. The maximum absolute atomic E-state index is 13.0. The van der Waals surface area contributed by atoms with Crippen LogP contribution in [0.5, 0.6) is 0 Å². The van der Waals surface area contributed by atoms with Gasteiger partial charge in [0.25, 0.3) is 0 Å². The molecule has 0 aromatic heterocycles. The van der Waals surface area contributed by atoms with Gasteiger partial charge in [-0.25, -0.2) is 4.39 Å². The Bertz CT molecular complexity index is 479. The van der Waals surface area contributed by atoms with Crippen molar-refractivity contribution in [1.82, 2.24) is 5.32 Å². The first-order chi connectivity index (χ1) is 9.17. The van der Waals surface area contributed by atoms with Crippen molar-refractivity contribution in [1.29, 1.82) is 0 Å². The lowest BCUT2D eigenvalue weighted by atomic mass is 9.92. The first-order valence-electron chi connectivity index (χ1n) is 6.76. The maximum atomic E-state index is 13.0. The molecule has 0 heterocycles. The first kappa shape index (κ1) is 15.3. The van der Waals surface area contributed by atoms with Gasteiger partial charge in [0, 0.05) is 12.6 Å². The maximum Gasteiger partial charge on any atom is 0.416 e. The number of benzene rings is 1. The predicted octanol–water partition coefficient (Wildman–Crippen LogP) is 4.51. The van der Waals surface area contributed by atoms with Crippen LogP contribution in [-0.2, 0) is 12.7 Å². The van der Waals surface area contributed by atoms with Gasteiger partial charge in [-0.05, 0) is 42.4 Å². The molecular formula is C15H19F4N. The molecular weight excluding hydrogens is 270 g/mol. The Labute approximate surface area is 116 Å². The Morgan fingerprint density at radius 2 is 2.00 bits per heavy atom. The average molecular weight is 289 g/mol. The molecule has 1 aromatic rings. The number of rotatable bonds is 3. The molecule has 0 radical (unpaired) electrons. The highest BCUT2D eigenvalue weighted by molar-refractivity contribution is 5.30. The third kappa shape index (κ3) is 3.72. The minimum atomic E-state index is -4.52. The van der Waals surface area contributed by atoms with Gasteiger partial charge < -0.3 is 5.32 Å². The monoisotopic (exact) mass is 289 g/mol. The Morgan fingerprint density at radius 3 is 2.55 bits per heavy atom. The standard InChI is InChI=1S/C15H19F4N/c1-14(2)6-5-12(8-14)20-9-10-3-4-11(16)7-13(10)15(17,18)19/h3-4,7,12,20H,5-6,8-9H2,1-2H3. The average Bonchev–Trinajstić information content (AvgIpc) is 2.66. The number of alkyl halides is 3. The van der Waals surface area contributed by atoms with Crippen molar-refractivity contribution in [2.24, 2.45) is 5.41 Å². The van der Waals surface area contributed by atoms with Crippen molar-refractivity contribution in [3.63, 3.8) is 0 Å². The molecule has 1 aliphatic rings. The van der Waals surface area contributed by atoms with Crippen molar-refractivity contribution in [3.8, 4) is 0 Å². The Hall–Kier alpha value is -1.10. The molecule has 5 heteroatoms. The van der Waals surface area contributed by atoms with Gasteiger partial charge in [-0.2, -0.15) is 13.2 Å². The Kier molecular flexibility index (Phi) is 4.09. The third-order valence-electron chi connectivity index (χ3n) is 3.93. The molecule has 1 saturated carbocycles. The number of halogens is 4. The molecule has 112 valence electrons. The molecule has 2 rings (SSSR count). The summed E-state index contributed by atoms with van der Waals surface area (Å²) < 4.78 is 51.6. The van der Waals surface area contributed by atoms with Crippen LogP contribution in [0.3, 0.4) is 0 Å². The lowest BCUT2D eigenvalue weighted by Crippen LogP contribution is -2.28. The lowest BCUT2D eigenvalue weighted by Gasteiger charge is -2.19. The number of nitrogens with one attached hydrogen (secondary N) is 1. The molecule has 1 nitrogen and oxygen atoms in total. The minimum Gasteiger partial charge on any atom is -0.310 e. The van der Waals surface area contributed by atoms with Gasteiger partial charge in [0.15, 0.2) is 0 Å². The molecule has 1 atom stereocenters. The van der Waals surface area contributed by atoms with Crippen molar-refractivity contribution in [2.45, 2.75) is 51.9 Å². The molecule has 20 heavy (non-hydrogen) atoms. The summed E-state index contributed by atoms with van der Waals surface area (Å²) in [7, 11) is 0. The van der Waals surface area contributed by atoms with Crippen LogP contribution in [0.25, 0.3) is 0 Å². The molecule has 1 fully saturated rings. The highest BCUT2D eigenvalue weighted by atomic mass is 19.4. The summed E-state index contributed by atoms with van der Waals surface area (Å²) in [6.07, 6.45) is -1.53. The number of hydrogen-bond acceptors (Lipinski definition) is 1. The predicted molar refractivity (Wildman–Crippen MR) is 69.7 cm³/mol. The van der Waals surface area contributed by atoms with E-state index in [1.54, 1.807) is 0 Å². The van der Waals surface area contributed by atoms with Crippen LogP contribution >= 0.6 is 0 Å². The Balaban J connectivity index is 2.07. The van der Waals surface area contributed by atoms with E-state index < -0.39 is 17.6 Å². The summed E-state index contributed by atoms with van der Waals surface area (Å²) in [5.41, 5.74) is -0.543. The summed E-state index contributed by atoms with van der Waals surface area (Å²) in [6.45, 7) is 4.44. The fraction of sp³-hybridized carbons (Fsp3) is 0.600. The lowest BCUT2D eigenvalue weighted by molar-refractivity contribution is -0.138. The molecule has 0 bridgehead atoms. The van der Waals surface area contributed by atoms with Crippen molar-refractivity contribution in [3.05, 3.63) is 35.1 Å². The normalized spacial score (nSPS) is 22.2. The second-order valence-electron chi connectivity index (χ2n) is 6.28. The summed E-state index contributed by atoms with van der Waals surface area (Å²) in [5, 5.41) is 3.16. The van der Waals surface area contributed by atoms with E-state index in [1.165, 1.54) is 6.07 Å². The van der Waals surface area contributed by atoms with E-state index in [0.29, 0.717) is 6.07 Å². The topological polar surface area (TPSA) is 12.0 Å². The molecule has 1 aliphatic carbocycles. The number of hydrogen-bond donors (Lipinski definition) is 1. The first-order valence-corrected chi connectivity index (χ1v) is 6.76. The second kappa shape index (κ2) is 5.35. The van der Waals surface area contributed by atoms with Gasteiger partial charge in [0.05, 0.1) is 5.56 Å². The molecule has 1 N–H and O–H groups in total. The summed E-state index contributed by atoms with van der Waals surface area (Å²) in [4.78, 5) is 0. The van der Waals surface area contributed by atoms with Crippen LogP contribution < -0.4 is 5.32 Å². The summed E-state index contributed by atoms with van der Waals surface area (Å²) in [5.74, 6) is -0.858. The molecule has 0 aliphatic heterocycles. The molecule has 0 spiro atoms. The minimum absolute atomic E-state index is 0.101. The van der Waals surface area contributed by atoms with Gasteiger partial charge in [0.1, 0.15) is 5.82 Å². The van der Waals surface area contributed by atoms with E-state index in [2.05, 4.69) is 19.2 Å². The van der Waals surface area contributed by atoms with E-state index in [1.807, 2.05) is 0 Å².